The van der Waals surface area contributed by atoms with E-state index < -0.39 is 0 Å². The number of hydrogen-bond donors (Lipinski definition) is 0. The summed E-state index contributed by atoms with van der Waals surface area (Å²) in [4.78, 5) is 0. The van der Waals surface area contributed by atoms with Crippen molar-refractivity contribution < 1.29 is 4.39 Å². The summed E-state index contributed by atoms with van der Waals surface area (Å²) >= 11 is 0. The molecule has 1 aliphatic carbocycles. The average molecular weight is 284 g/mol. The molecule has 0 N–H and O–H groups in total. The highest BCUT2D eigenvalue weighted by atomic mass is 19.1. The zero-order valence-corrected chi connectivity index (χ0v) is 13.2. The van der Waals surface area contributed by atoms with Gasteiger partial charge in [-0.15, -0.1) is 0 Å². The summed E-state index contributed by atoms with van der Waals surface area (Å²) in [5, 5.41) is 0. The molecule has 1 heteroatoms. The molecule has 0 saturated carbocycles. The van der Waals surface area contributed by atoms with E-state index in [0.29, 0.717) is 17.1 Å². The van der Waals surface area contributed by atoms with Crippen LogP contribution in [0.3, 0.4) is 0 Å². The van der Waals surface area contributed by atoms with E-state index >= 15 is 0 Å². The summed E-state index contributed by atoms with van der Waals surface area (Å²) in [7, 11) is 0. The van der Waals surface area contributed by atoms with Crippen LogP contribution in [0.25, 0.3) is 0 Å². The lowest BCUT2D eigenvalue weighted by atomic mass is 9.85. The molecule has 112 valence electrons. The number of halogens is 1. The molecule has 0 saturated heterocycles. The van der Waals surface area contributed by atoms with Crippen LogP contribution in [0.5, 0.6) is 0 Å². The molecular weight excluding hydrogens is 259 g/mol. The molecular formula is C20H25F. The van der Waals surface area contributed by atoms with E-state index in [9.17, 15) is 4.39 Å². The van der Waals surface area contributed by atoms with Gasteiger partial charge in [0.25, 0.3) is 0 Å². The van der Waals surface area contributed by atoms with Crippen molar-refractivity contribution in [1.29, 1.82) is 0 Å². The van der Waals surface area contributed by atoms with Gasteiger partial charge < -0.3 is 0 Å². The number of rotatable bonds is 6. The van der Waals surface area contributed by atoms with Gasteiger partial charge in [0.2, 0.25) is 0 Å². The summed E-state index contributed by atoms with van der Waals surface area (Å²) in [5.41, 5.74) is 2.52. The maximum atomic E-state index is 14.2. The zero-order valence-electron chi connectivity index (χ0n) is 13.2. The average Bonchev–Trinajstić information content (AvgIpc) is 2.44. The second-order valence-corrected chi connectivity index (χ2v) is 5.80. The number of hydrogen-bond acceptors (Lipinski definition) is 0. The van der Waals surface area contributed by atoms with Crippen molar-refractivity contribution in [3.05, 3.63) is 84.8 Å². The fourth-order valence-corrected chi connectivity index (χ4v) is 2.12. The third-order valence-electron chi connectivity index (χ3n) is 3.64. The van der Waals surface area contributed by atoms with E-state index in [-0.39, 0.29) is 11.7 Å². The Kier molecular flexibility index (Phi) is 6.36. The van der Waals surface area contributed by atoms with Gasteiger partial charge in [-0.2, -0.15) is 0 Å². The Morgan fingerprint density at radius 1 is 1.10 bits per heavy atom. The van der Waals surface area contributed by atoms with Crippen molar-refractivity contribution in [3.63, 3.8) is 0 Å². The Morgan fingerprint density at radius 2 is 1.76 bits per heavy atom. The molecule has 0 aromatic rings. The normalized spacial score (nSPS) is 22.3. The monoisotopic (exact) mass is 284 g/mol. The first-order valence-electron chi connectivity index (χ1n) is 7.27. The highest BCUT2D eigenvalue weighted by Gasteiger charge is 2.15. The van der Waals surface area contributed by atoms with Crippen LogP contribution in [-0.2, 0) is 0 Å². The summed E-state index contributed by atoms with van der Waals surface area (Å²) in [5.74, 6) is 0.451. The Labute approximate surface area is 128 Å². The van der Waals surface area contributed by atoms with E-state index in [0.717, 1.165) is 24.0 Å². The summed E-state index contributed by atoms with van der Waals surface area (Å²) in [6.45, 7) is 19.4. The molecule has 0 nitrogen and oxygen atoms in total. The molecule has 1 rings (SSSR count). The maximum absolute atomic E-state index is 14.2. The first-order valence-corrected chi connectivity index (χ1v) is 7.27. The molecule has 2 atom stereocenters. The van der Waals surface area contributed by atoms with Gasteiger partial charge in [-0.25, -0.2) is 4.39 Å². The van der Waals surface area contributed by atoms with Crippen LogP contribution in [0, 0.1) is 11.8 Å². The van der Waals surface area contributed by atoms with Crippen LogP contribution in [-0.4, -0.2) is 0 Å². The molecule has 0 fully saturated rings. The topological polar surface area (TPSA) is 0 Å². The number of allylic oxidation sites excluding steroid dienone is 10. The van der Waals surface area contributed by atoms with Crippen molar-refractivity contribution in [2.75, 3.05) is 0 Å². The van der Waals surface area contributed by atoms with Gasteiger partial charge in [-0.1, -0.05) is 63.1 Å². The third kappa shape index (κ3) is 5.55. The van der Waals surface area contributed by atoms with Crippen LogP contribution in [0.15, 0.2) is 84.8 Å². The second-order valence-electron chi connectivity index (χ2n) is 5.80. The first kappa shape index (κ1) is 17.2. The van der Waals surface area contributed by atoms with Crippen molar-refractivity contribution >= 4 is 0 Å². The van der Waals surface area contributed by atoms with Crippen LogP contribution in [0.4, 0.5) is 4.39 Å². The van der Waals surface area contributed by atoms with E-state index in [1.165, 1.54) is 6.08 Å². The van der Waals surface area contributed by atoms with Gasteiger partial charge >= 0.3 is 0 Å². The SMILES string of the molecule is C=C(C)/C=C\C(=C)C(=C)/C(F)=C\C(=C)C1C=CC(C)CC1. The lowest BCUT2D eigenvalue weighted by molar-refractivity contribution is 0.520. The summed E-state index contributed by atoms with van der Waals surface area (Å²) in [6.07, 6.45) is 11.4. The molecule has 0 aromatic carbocycles. The van der Waals surface area contributed by atoms with Gasteiger partial charge in [-0.3, -0.25) is 0 Å². The zero-order chi connectivity index (χ0) is 16.0. The minimum absolute atomic E-state index is 0.221. The summed E-state index contributed by atoms with van der Waals surface area (Å²) < 4.78 is 14.2. The first-order chi connectivity index (χ1) is 9.81. The van der Waals surface area contributed by atoms with Gasteiger partial charge in [0.05, 0.1) is 0 Å². The lowest BCUT2D eigenvalue weighted by Crippen LogP contribution is -2.07. The fraction of sp³-hybridized carbons (Fsp3) is 0.300. The van der Waals surface area contributed by atoms with E-state index in [4.69, 9.17) is 0 Å². The van der Waals surface area contributed by atoms with Crippen molar-refractivity contribution in [2.24, 2.45) is 11.8 Å². The van der Waals surface area contributed by atoms with Crippen molar-refractivity contribution in [1.82, 2.24) is 0 Å². The molecule has 0 radical (unpaired) electrons. The van der Waals surface area contributed by atoms with Gasteiger partial charge in [0, 0.05) is 11.5 Å². The predicted molar refractivity (Wildman–Crippen MR) is 91.6 cm³/mol. The Bertz CT molecular complexity index is 540. The van der Waals surface area contributed by atoms with E-state index in [1.807, 2.05) is 6.92 Å². The predicted octanol–water partition coefficient (Wildman–Crippen LogP) is 6.24. The Hall–Kier alpha value is -1.89. The second kappa shape index (κ2) is 7.78. The lowest BCUT2D eigenvalue weighted by Gasteiger charge is -2.20. The molecule has 21 heavy (non-hydrogen) atoms. The molecule has 2 unspecified atom stereocenters. The van der Waals surface area contributed by atoms with Crippen LogP contribution >= 0.6 is 0 Å². The molecule has 0 bridgehead atoms. The molecule has 0 heterocycles. The molecule has 0 aliphatic heterocycles. The standard InChI is InChI=1S/C20H25F/c1-14(2)7-10-16(4)18(6)20(21)13-17(5)19-11-8-15(3)9-12-19/h7-8,10-11,13,15,19H,1,4-6,9,12H2,2-3H3/b10-7-,20-13+. The highest BCUT2D eigenvalue weighted by molar-refractivity contribution is 5.48. The van der Waals surface area contributed by atoms with Gasteiger partial charge in [0.15, 0.2) is 0 Å². The molecule has 0 amide bonds. The maximum Gasteiger partial charge on any atom is 0.130 e. The van der Waals surface area contributed by atoms with Crippen molar-refractivity contribution in [3.8, 4) is 0 Å². The van der Waals surface area contributed by atoms with E-state index in [2.05, 4.69) is 45.4 Å². The quantitative estimate of drug-likeness (QED) is 0.400. The van der Waals surface area contributed by atoms with Crippen molar-refractivity contribution in [2.45, 2.75) is 26.7 Å². The summed E-state index contributed by atoms with van der Waals surface area (Å²) in [6, 6.07) is 0. The Balaban J connectivity index is 2.73. The highest BCUT2D eigenvalue weighted by Crippen LogP contribution is 2.29. The fourth-order valence-electron chi connectivity index (χ4n) is 2.12. The Morgan fingerprint density at radius 3 is 2.29 bits per heavy atom. The van der Waals surface area contributed by atoms with Gasteiger partial charge in [-0.05, 0) is 42.9 Å². The smallest absolute Gasteiger partial charge is 0.130 e. The largest absolute Gasteiger partial charge is 0.206 e. The van der Waals surface area contributed by atoms with Gasteiger partial charge in [0.1, 0.15) is 5.83 Å². The van der Waals surface area contributed by atoms with Crippen LogP contribution < -0.4 is 0 Å². The van der Waals surface area contributed by atoms with E-state index in [1.54, 1.807) is 12.2 Å². The molecule has 0 spiro atoms. The third-order valence-corrected chi connectivity index (χ3v) is 3.64. The molecule has 1 aliphatic rings. The van der Waals surface area contributed by atoms with Crippen LogP contribution in [0.2, 0.25) is 0 Å². The van der Waals surface area contributed by atoms with Crippen LogP contribution in [0.1, 0.15) is 26.7 Å². The molecule has 0 aromatic heterocycles. The minimum atomic E-state index is -0.372. The minimum Gasteiger partial charge on any atom is -0.206 e.